The van der Waals surface area contributed by atoms with Crippen LogP contribution in [0.5, 0.6) is 0 Å². The van der Waals surface area contributed by atoms with Crippen LogP contribution < -0.4 is 10.6 Å². The molecule has 0 saturated carbocycles. The Morgan fingerprint density at radius 1 is 1.29 bits per heavy atom. The van der Waals surface area contributed by atoms with Gasteiger partial charge in [-0.15, -0.1) is 0 Å². The lowest BCUT2D eigenvalue weighted by Gasteiger charge is -2.22. The highest BCUT2D eigenvalue weighted by molar-refractivity contribution is 6.33. The van der Waals surface area contributed by atoms with Gasteiger partial charge < -0.3 is 20.3 Å². The summed E-state index contributed by atoms with van der Waals surface area (Å²) < 4.78 is 5.41. The van der Waals surface area contributed by atoms with Crippen LogP contribution in [0.15, 0.2) is 30.5 Å². The van der Waals surface area contributed by atoms with Crippen molar-refractivity contribution in [3.8, 4) is 11.3 Å². The number of carbonyl (C=O) groups excluding carboxylic acids is 2. The van der Waals surface area contributed by atoms with Gasteiger partial charge in [0.25, 0.3) is 0 Å². The summed E-state index contributed by atoms with van der Waals surface area (Å²) in [5, 5.41) is 6.65. The zero-order valence-electron chi connectivity index (χ0n) is 17.4. The molecule has 2 fully saturated rings. The fourth-order valence-corrected chi connectivity index (χ4v) is 4.05. The summed E-state index contributed by atoms with van der Waals surface area (Å²) in [6.07, 6.45) is 3.82. The second kappa shape index (κ2) is 9.62. The largest absolute Gasteiger partial charge is 0.381 e. The molecule has 4 heterocycles. The third-order valence-electron chi connectivity index (χ3n) is 5.76. The molecule has 2 aromatic rings. The van der Waals surface area contributed by atoms with Gasteiger partial charge in [0.2, 0.25) is 11.8 Å². The van der Waals surface area contributed by atoms with E-state index in [1.54, 1.807) is 18.0 Å². The van der Waals surface area contributed by atoms with Crippen molar-refractivity contribution in [1.82, 2.24) is 14.9 Å². The third-order valence-corrected chi connectivity index (χ3v) is 6.06. The number of hydrogen-bond donors (Lipinski definition) is 2. The van der Waals surface area contributed by atoms with Gasteiger partial charge in [-0.1, -0.05) is 17.7 Å². The van der Waals surface area contributed by atoms with E-state index < -0.39 is 0 Å². The molecule has 0 bridgehead atoms. The number of likely N-dealkylation sites (tertiary alicyclic amines) is 1. The van der Waals surface area contributed by atoms with E-state index in [2.05, 4.69) is 20.6 Å². The first-order valence-corrected chi connectivity index (χ1v) is 10.9. The average molecular weight is 444 g/mol. The number of nitrogens with one attached hydrogen (secondary N) is 2. The normalized spacial score (nSPS) is 19.5. The van der Waals surface area contributed by atoms with Gasteiger partial charge in [0.1, 0.15) is 11.6 Å². The average Bonchev–Trinajstić information content (AvgIpc) is 3.13. The number of amides is 2. The second-order valence-corrected chi connectivity index (χ2v) is 8.47. The predicted molar refractivity (Wildman–Crippen MR) is 119 cm³/mol. The number of aromatic nitrogens is 2. The quantitative estimate of drug-likeness (QED) is 0.712. The van der Waals surface area contributed by atoms with E-state index in [9.17, 15) is 9.59 Å². The molecule has 1 atom stereocenters. The van der Waals surface area contributed by atoms with E-state index in [0.717, 1.165) is 38.4 Å². The van der Waals surface area contributed by atoms with Crippen LogP contribution in [0.4, 0.5) is 11.6 Å². The van der Waals surface area contributed by atoms with Crippen LogP contribution in [0.25, 0.3) is 11.3 Å². The molecule has 0 radical (unpaired) electrons. The van der Waals surface area contributed by atoms with Crippen molar-refractivity contribution < 1.29 is 14.3 Å². The third kappa shape index (κ3) is 5.32. The molecule has 0 spiro atoms. The molecule has 8 nitrogen and oxygen atoms in total. The van der Waals surface area contributed by atoms with Crippen LogP contribution in [0.3, 0.4) is 0 Å². The molecule has 164 valence electrons. The first kappa shape index (κ1) is 21.5. The van der Waals surface area contributed by atoms with Gasteiger partial charge in [0.15, 0.2) is 0 Å². The predicted octanol–water partition coefficient (Wildman–Crippen LogP) is 3.05. The number of anilines is 2. The van der Waals surface area contributed by atoms with Crippen molar-refractivity contribution in [3.63, 3.8) is 0 Å². The molecule has 0 aromatic carbocycles. The summed E-state index contributed by atoms with van der Waals surface area (Å²) in [7, 11) is 1.70. The topological polar surface area (TPSA) is 96.5 Å². The SMILES string of the molecule is CN1CC(C(=O)Nc2cc(-c3cccc(NCC4CCOCC4)n3)c(Cl)cn2)CC1=O. The minimum atomic E-state index is -0.380. The highest BCUT2D eigenvalue weighted by atomic mass is 35.5. The molecule has 0 aliphatic carbocycles. The van der Waals surface area contributed by atoms with Gasteiger partial charge >= 0.3 is 0 Å². The molecule has 2 amide bonds. The number of hydrogen-bond acceptors (Lipinski definition) is 6. The number of nitrogens with zero attached hydrogens (tertiary/aromatic N) is 3. The van der Waals surface area contributed by atoms with E-state index in [0.29, 0.717) is 34.6 Å². The monoisotopic (exact) mass is 443 g/mol. The standard InChI is InChI=1S/C22H26ClN5O3/c1-28-13-15(9-21(28)29)22(30)27-20-10-16(17(23)12-25-20)18-3-2-4-19(26-18)24-11-14-5-7-31-8-6-14/h2-4,10,12,14-15H,5-9,11,13H2,1H3,(H,24,26)(H,25,27,30). The fraction of sp³-hybridized carbons (Fsp3) is 0.455. The fourth-order valence-electron chi connectivity index (χ4n) is 3.85. The van der Waals surface area contributed by atoms with Crippen molar-refractivity contribution in [1.29, 1.82) is 0 Å². The Morgan fingerprint density at radius 2 is 2.10 bits per heavy atom. The lowest BCUT2D eigenvalue weighted by Crippen LogP contribution is -2.26. The van der Waals surface area contributed by atoms with Crippen molar-refractivity contribution in [2.24, 2.45) is 11.8 Å². The van der Waals surface area contributed by atoms with Crippen molar-refractivity contribution in [2.45, 2.75) is 19.3 Å². The van der Waals surface area contributed by atoms with E-state index in [1.165, 1.54) is 6.20 Å². The van der Waals surface area contributed by atoms with Gasteiger partial charge in [-0.3, -0.25) is 9.59 Å². The van der Waals surface area contributed by atoms with E-state index in [4.69, 9.17) is 16.3 Å². The molecule has 2 saturated heterocycles. The van der Waals surface area contributed by atoms with Crippen LogP contribution in [0.2, 0.25) is 5.02 Å². The smallest absolute Gasteiger partial charge is 0.230 e. The zero-order chi connectivity index (χ0) is 21.8. The molecule has 1 unspecified atom stereocenters. The van der Waals surface area contributed by atoms with Gasteiger partial charge in [0, 0.05) is 51.5 Å². The molecule has 9 heteroatoms. The Kier molecular flexibility index (Phi) is 6.67. The van der Waals surface area contributed by atoms with E-state index >= 15 is 0 Å². The maximum absolute atomic E-state index is 12.5. The maximum Gasteiger partial charge on any atom is 0.230 e. The van der Waals surface area contributed by atoms with Gasteiger partial charge in [-0.25, -0.2) is 9.97 Å². The molecular weight excluding hydrogens is 418 g/mol. The molecular formula is C22H26ClN5O3. The Hall–Kier alpha value is -2.71. The second-order valence-electron chi connectivity index (χ2n) is 8.06. The van der Waals surface area contributed by atoms with E-state index in [1.807, 2.05) is 18.2 Å². The number of rotatable bonds is 6. The summed E-state index contributed by atoms with van der Waals surface area (Å²) in [6.45, 7) is 2.88. The molecule has 2 aromatic heterocycles. The first-order chi connectivity index (χ1) is 15.0. The summed E-state index contributed by atoms with van der Waals surface area (Å²) >= 11 is 6.38. The Bertz CT molecular complexity index is 964. The maximum atomic E-state index is 12.5. The summed E-state index contributed by atoms with van der Waals surface area (Å²) in [6, 6.07) is 7.43. The number of halogens is 1. The van der Waals surface area contributed by atoms with Gasteiger partial charge in [-0.05, 0) is 37.0 Å². The van der Waals surface area contributed by atoms with Crippen LogP contribution in [0, 0.1) is 11.8 Å². The molecule has 4 rings (SSSR count). The minimum Gasteiger partial charge on any atom is -0.381 e. The Morgan fingerprint density at radius 3 is 2.84 bits per heavy atom. The van der Waals surface area contributed by atoms with Crippen molar-refractivity contribution in [2.75, 3.05) is 44.0 Å². The summed E-state index contributed by atoms with van der Waals surface area (Å²) in [5.74, 6) is 1.10. The minimum absolute atomic E-state index is 0.0285. The lowest BCUT2D eigenvalue weighted by molar-refractivity contribution is -0.127. The van der Waals surface area contributed by atoms with Crippen molar-refractivity contribution >= 4 is 35.1 Å². The first-order valence-electron chi connectivity index (χ1n) is 10.5. The number of ether oxygens (including phenoxy) is 1. The van der Waals surface area contributed by atoms with Crippen LogP contribution in [-0.2, 0) is 14.3 Å². The lowest BCUT2D eigenvalue weighted by atomic mass is 10.0. The molecule has 2 aliphatic rings. The molecule has 2 aliphatic heterocycles. The highest BCUT2D eigenvalue weighted by Gasteiger charge is 2.32. The zero-order valence-corrected chi connectivity index (χ0v) is 18.2. The Labute approximate surface area is 186 Å². The highest BCUT2D eigenvalue weighted by Crippen LogP contribution is 2.29. The molecule has 31 heavy (non-hydrogen) atoms. The Balaban J connectivity index is 1.45. The van der Waals surface area contributed by atoms with Crippen LogP contribution >= 0.6 is 11.6 Å². The number of pyridine rings is 2. The van der Waals surface area contributed by atoms with Crippen molar-refractivity contribution in [3.05, 3.63) is 35.5 Å². The summed E-state index contributed by atoms with van der Waals surface area (Å²) in [4.78, 5) is 34.7. The summed E-state index contributed by atoms with van der Waals surface area (Å²) in [5.41, 5.74) is 1.37. The molecule has 2 N–H and O–H groups in total. The van der Waals surface area contributed by atoms with Crippen LogP contribution in [-0.4, -0.2) is 60.0 Å². The van der Waals surface area contributed by atoms with Gasteiger partial charge in [-0.2, -0.15) is 0 Å². The van der Waals surface area contributed by atoms with Gasteiger partial charge in [0.05, 0.1) is 16.6 Å². The number of carbonyl (C=O) groups is 2. The van der Waals surface area contributed by atoms with E-state index in [-0.39, 0.29) is 24.2 Å². The van der Waals surface area contributed by atoms with Crippen LogP contribution in [0.1, 0.15) is 19.3 Å².